The van der Waals surface area contributed by atoms with E-state index in [1.165, 1.54) is 17.5 Å². The molecule has 130 valence electrons. The molecule has 2 unspecified atom stereocenters. The summed E-state index contributed by atoms with van der Waals surface area (Å²) in [5.74, 6) is 1.30. The van der Waals surface area contributed by atoms with Crippen molar-refractivity contribution in [1.82, 2.24) is 10.6 Å². The fourth-order valence-corrected chi connectivity index (χ4v) is 2.59. The number of aryl methyl sites for hydroxylation is 1. The van der Waals surface area contributed by atoms with Crippen LogP contribution in [0.1, 0.15) is 43.7 Å². The van der Waals surface area contributed by atoms with Crippen molar-refractivity contribution in [3.05, 3.63) is 35.4 Å². The van der Waals surface area contributed by atoms with Gasteiger partial charge in [-0.1, -0.05) is 36.8 Å². The van der Waals surface area contributed by atoms with Gasteiger partial charge in [0.15, 0.2) is 5.96 Å². The molecular formula is C18H30IN3O. The summed E-state index contributed by atoms with van der Waals surface area (Å²) in [6, 6.07) is 8.72. The average molecular weight is 431 g/mol. The Labute approximate surface area is 157 Å². The molecule has 1 fully saturated rings. The first kappa shape index (κ1) is 20.2. The van der Waals surface area contributed by atoms with Gasteiger partial charge in [-0.15, -0.1) is 24.0 Å². The van der Waals surface area contributed by atoms with Crippen molar-refractivity contribution in [2.75, 3.05) is 26.2 Å². The van der Waals surface area contributed by atoms with Crippen LogP contribution in [0.3, 0.4) is 0 Å². The lowest BCUT2D eigenvalue weighted by Gasteiger charge is -2.16. The van der Waals surface area contributed by atoms with Gasteiger partial charge in [0.1, 0.15) is 0 Å². The van der Waals surface area contributed by atoms with Gasteiger partial charge in [-0.05, 0) is 32.3 Å². The molecular weight excluding hydrogens is 401 g/mol. The third kappa shape index (κ3) is 7.08. The molecule has 2 rings (SSSR count). The number of halogens is 1. The summed E-state index contributed by atoms with van der Waals surface area (Å²) in [7, 11) is 0. The molecule has 1 heterocycles. The van der Waals surface area contributed by atoms with E-state index in [0.717, 1.165) is 38.6 Å². The van der Waals surface area contributed by atoms with Crippen LogP contribution in [0, 0.1) is 6.92 Å². The Morgan fingerprint density at radius 1 is 1.30 bits per heavy atom. The number of nitrogens with zero attached hydrogens (tertiary/aromatic N) is 1. The molecule has 5 heteroatoms. The van der Waals surface area contributed by atoms with Crippen molar-refractivity contribution < 1.29 is 4.74 Å². The first-order valence-corrected chi connectivity index (χ1v) is 8.39. The van der Waals surface area contributed by atoms with Crippen LogP contribution in [0.15, 0.2) is 29.3 Å². The van der Waals surface area contributed by atoms with Crippen molar-refractivity contribution in [3.63, 3.8) is 0 Å². The minimum atomic E-state index is 0. The monoisotopic (exact) mass is 431 g/mol. The van der Waals surface area contributed by atoms with E-state index in [-0.39, 0.29) is 24.0 Å². The third-order valence-electron chi connectivity index (χ3n) is 4.04. The van der Waals surface area contributed by atoms with Gasteiger partial charge in [-0.2, -0.15) is 0 Å². The van der Waals surface area contributed by atoms with E-state index in [4.69, 9.17) is 9.73 Å². The Morgan fingerprint density at radius 2 is 2.04 bits per heavy atom. The summed E-state index contributed by atoms with van der Waals surface area (Å²) >= 11 is 0. The maximum absolute atomic E-state index is 5.64. The van der Waals surface area contributed by atoms with Crippen LogP contribution < -0.4 is 10.6 Å². The summed E-state index contributed by atoms with van der Waals surface area (Å²) in [5.41, 5.74) is 2.63. The molecule has 1 aromatic carbocycles. The molecule has 1 aromatic rings. The summed E-state index contributed by atoms with van der Waals surface area (Å²) in [6.07, 6.45) is 2.65. The molecule has 1 saturated heterocycles. The van der Waals surface area contributed by atoms with E-state index in [1.807, 2.05) is 0 Å². The molecule has 0 aromatic heterocycles. The van der Waals surface area contributed by atoms with Gasteiger partial charge in [0, 0.05) is 32.2 Å². The number of aliphatic imine (C=N–C) groups is 1. The van der Waals surface area contributed by atoms with Crippen LogP contribution in [-0.2, 0) is 4.74 Å². The van der Waals surface area contributed by atoms with Gasteiger partial charge in [-0.3, -0.25) is 4.99 Å². The highest BCUT2D eigenvalue weighted by molar-refractivity contribution is 14.0. The second-order valence-corrected chi connectivity index (χ2v) is 6.05. The smallest absolute Gasteiger partial charge is 0.191 e. The molecule has 2 atom stereocenters. The van der Waals surface area contributed by atoms with E-state index < -0.39 is 0 Å². The van der Waals surface area contributed by atoms with Crippen molar-refractivity contribution >= 4 is 29.9 Å². The Balaban J connectivity index is 0.00000264. The fraction of sp³-hybridized carbons (Fsp3) is 0.611. The summed E-state index contributed by atoms with van der Waals surface area (Å²) < 4.78 is 5.64. The maximum Gasteiger partial charge on any atom is 0.191 e. The first-order chi connectivity index (χ1) is 10.7. The van der Waals surface area contributed by atoms with E-state index in [2.05, 4.69) is 55.7 Å². The normalized spacial score (nSPS) is 19.1. The van der Waals surface area contributed by atoms with Crippen LogP contribution in [0.5, 0.6) is 0 Å². The largest absolute Gasteiger partial charge is 0.376 e. The summed E-state index contributed by atoms with van der Waals surface area (Å²) in [6.45, 7) is 9.81. The van der Waals surface area contributed by atoms with Gasteiger partial charge < -0.3 is 15.4 Å². The fourth-order valence-electron chi connectivity index (χ4n) is 2.59. The van der Waals surface area contributed by atoms with E-state index >= 15 is 0 Å². The second kappa shape index (κ2) is 10.9. The predicted molar refractivity (Wildman–Crippen MR) is 108 cm³/mol. The van der Waals surface area contributed by atoms with Crippen molar-refractivity contribution in [2.24, 2.45) is 4.99 Å². The SMILES string of the molecule is CCNC(=NCC(C)c1ccc(C)cc1)NCC1CCCO1.I. The van der Waals surface area contributed by atoms with Crippen molar-refractivity contribution in [3.8, 4) is 0 Å². The van der Waals surface area contributed by atoms with Crippen LogP contribution in [0.4, 0.5) is 0 Å². The third-order valence-corrected chi connectivity index (χ3v) is 4.04. The van der Waals surface area contributed by atoms with Gasteiger partial charge in [-0.25, -0.2) is 0 Å². The number of hydrogen-bond acceptors (Lipinski definition) is 2. The highest BCUT2D eigenvalue weighted by Gasteiger charge is 2.15. The molecule has 0 bridgehead atoms. The van der Waals surface area contributed by atoms with E-state index in [9.17, 15) is 0 Å². The minimum Gasteiger partial charge on any atom is -0.376 e. The summed E-state index contributed by atoms with van der Waals surface area (Å²) in [4.78, 5) is 4.71. The standard InChI is InChI=1S/C18H29N3O.HI/c1-4-19-18(21-13-17-6-5-11-22-17)20-12-15(3)16-9-7-14(2)8-10-16;/h7-10,15,17H,4-6,11-13H2,1-3H3,(H2,19,20,21);1H. The molecule has 0 radical (unpaired) electrons. The topological polar surface area (TPSA) is 45.7 Å². The zero-order chi connectivity index (χ0) is 15.8. The molecule has 0 aliphatic carbocycles. The molecule has 4 nitrogen and oxygen atoms in total. The van der Waals surface area contributed by atoms with Crippen LogP contribution in [0.25, 0.3) is 0 Å². The maximum atomic E-state index is 5.64. The lowest BCUT2D eigenvalue weighted by Crippen LogP contribution is -2.41. The Morgan fingerprint density at radius 3 is 2.65 bits per heavy atom. The number of benzene rings is 1. The van der Waals surface area contributed by atoms with Crippen LogP contribution >= 0.6 is 24.0 Å². The molecule has 1 aliphatic heterocycles. The molecule has 1 aliphatic rings. The number of guanidine groups is 1. The average Bonchev–Trinajstić information content (AvgIpc) is 3.04. The lowest BCUT2D eigenvalue weighted by atomic mass is 10.0. The number of nitrogens with one attached hydrogen (secondary N) is 2. The van der Waals surface area contributed by atoms with Gasteiger partial charge >= 0.3 is 0 Å². The van der Waals surface area contributed by atoms with Crippen molar-refractivity contribution in [2.45, 2.75) is 45.6 Å². The quantitative estimate of drug-likeness (QED) is 0.412. The van der Waals surface area contributed by atoms with Gasteiger partial charge in [0.25, 0.3) is 0 Å². The molecule has 23 heavy (non-hydrogen) atoms. The highest BCUT2D eigenvalue weighted by Crippen LogP contribution is 2.16. The Bertz CT molecular complexity index is 470. The first-order valence-electron chi connectivity index (χ1n) is 8.39. The lowest BCUT2D eigenvalue weighted by molar-refractivity contribution is 0.114. The van der Waals surface area contributed by atoms with Crippen LogP contribution in [-0.4, -0.2) is 38.3 Å². The zero-order valence-corrected chi connectivity index (χ0v) is 16.8. The second-order valence-electron chi connectivity index (χ2n) is 6.05. The number of hydrogen-bond donors (Lipinski definition) is 2. The zero-order valence-electron chi connectivity index (χ0n) is 14.5. The Kier molecular flexibility index (Phi) is 9.55. The number of ether oxygens (including phenoxy) is 1. The molecule has 0 amide bonds. The Hall–Kier alpha value is -0.820. The van der Waals surface area contributed by atoms with Gasteiger partial charge in [0.05, 0.1) is 6.10 Å². The molecule has 0 saturated carbocycles. The molecule has 0 spiro atoms. The highest BCUT2D eigenvalue weighted by atomic mass is 127. The molecule has 2 N–H and O–H groups in total. The van der Waals surface area contributed by atoms with E-state index in [0.29, 0.717) is 12.0 Å². The predicted octanol–water partition coefficient (Wildman–Crippen LogP) is 3.45. The summed E-state index contributed by atoms with van der Waals surface area (Å²) in [5, 5.41) is 6.70. The van der Waals surface area contributed by atoms with E-state index in [1.54, 1.807) is 0 Å². The van der Waals surface area contributed by atoms with Crippen molar-refractivity contribution in [1.29, 1.82) is 0 Å². The van der Waals surface area contributed by atoms with Gasteiger partial charge in [0.2, 0.25) is 0 Å². The van der Waals surface area contributed by atoms with Crippen LogP contribution in [0.2, 0.25) is 0 Å². The minimum absolute atomic E-state index is 0. The number of rotatable bonds is 6.